The summed E-state index contributed by atoms with van der Waals surface area (Å²) < 4.78 is 0. The van der Waals surface area contributed by atoms with Crippen LogP contribution >= 0.6 is 0 Å². The van der Waals surface area contributed by atoms with E-state index in [0.29, 0.717) is 6.42 Å². The molecule has 1 aliphatic heterocycles. The molecule has 0 spiro atoms. The van der Waals surface area contributed by atoms with Gasteiger partial charge in [-0.3, -0.25) is 9.59 Å². The maximum absolute atomic E-state index is 11.6. The molecule has 0 radical (unpaired) electrons. The summed E-state index contributed by atoms with van der Waals surface area (Å²) in [5.41, 5.74) is 0. The average Bonchev–Trinajstić information content (AvgIpc) is 2.72. The lowest BCUT2D eigenvalue weighted by atomic mass is 10.3. The Morgan fingerprint density at radius 3 is 2.23 bits per heavy atom. The third kappa shape index (κ3) is 1.53. The van der Waals surface area contributed by atoms with E-state index >= 15 is 0 Å². The quantitative estimate of drug-likeness (QED) is 0.671. The summed E-state index contributed by atoms with van der Waals surface area (Å²) in [7, 11) is 0. The van der Waals surface area contributed by atoms with Crippen molar-refractivity contribution in [3.8, 4) is 0 Å². The first-order valence-electron chi connectivity index (χ1n) is 4.72. The normalized spacial score (nSPS) is 31.8. The maximum Gasteiger partial charge on any atom is 0.307 e. The molecule has 2 atom stereocenters. The Morgan fingerprint density at radius 1 is 1.15 bits per heavy atom. The monoisotopic (exact) mass is 183 g/mol. The highest BCUT2D eigenvalue weighted by atomic mass is 16.4. The number of rotatable bonds is 2. The van der Waals surface area contributed by atoms with Crippen molar-refractivity contribution in [2.75, 3.05) is 13.1 Å². The van der Waals surface area contributed by atoms with E-state index in [0.717, 1.165) is 25.9 Å². The second-order valence-corrected chi connectivity index (χ2v) is 3.82. The van der Waals surface area contributed by atoms with Crippen LogP contribution in [0.3, 0.4) is 0 Å². The number of hydrogen-bond acceptors (Lipinski definition) is 2. The van der Waals surface area contributed by atoms with Crippen LogP contribution in [0, 0.1) is 11.8 Å². The molecule has 0 aromatic carbocycles. The molecule has 0 aromatic rings. The summed E-state index contributed by atoms with van der Waals surface area (Å²) in [6.45, 7) is 1.64. The topological polar surface area (TPSA) is 57.6 Å². The first-order valence-corrected chi connectivity index (χ1v) is 4.72. The van der Waals surface area contributed by atoms with Gasteiger partial charge >= 0.3 is 5.97 Å². The van der Waals surface area contributed by atoms with E-state index in [1.165, 1.54) is 0 Å². The number of likely N-dealkylation sites (tertiary alicyclic amines) is 1. The van der Waals surface area contributed by atoms with E-state index in [1.807, 2.05) is 0 Å². The molecule has 1 aliphatic carbocycles. The average molecular weight is 183 g/mol. The summed E-state index contributed by atoms with van der Waals surface area (Å²) in [5, 5.41) is 8.64. The van der Waals surface area contributed by atoms with Crippen molar-refractivity contribution in [1.29, 1.82) is 0 Å². The number of hydrogen-bond donors (Lipinski definition) is 1. The Hall–Kier alpha value is -1.06. The number of carboxylic acid groups (broad SMARTS) is 1. The van der Waals surface area contributed by atoms with Gasteiger partial charge in [0.15, 0.2) is 0 Å². The van der Waals surface area contributed by atoms with Gasteiger partial charge in [0.2, 0.25) is 5.91 Å². The predicted molar refractivity (Wildman–Crippen MR) is 45.0 cm³/mol. The highest BCUT2D eigenvalue weighted by Crippen LogP contribution is 2.40. The molecule has 0 unspecified atom stereocenters. The number of carbonyl (C=O) groups is 2. The van der Waals surface area contributed by atoms with Crippen LogP contribution in [0.15, 0.2) is 0 Å². The lowest BCUT2D eigenvalue weighted by molar-refractivity contribution is -0.141. The Balaban J connectivity index is 1.89. The number of nitrogens with zero attached hydrogens (tertiary/aromatic N) is 1. The van der Waals surface area contributed by atoms with Gasteiger partial charge in [0, 0.05) is 13.1 Å². The van der Waals surface area contributed by atoms with Crippen molar-refractivity contribution < 1.29 is 14.7 Å². The van der Waals surface area contributed by atoms with E-state index in [1.54, 1.807) is 4.90 Å². The second kappa shape index (κ2) is 3.01. The van der Waals surface area contributed by atoms with Crippen molar-refractivity contribution >= 4 is 11.9 Å². The van der Waals surface area contributed by atoms with Crippen LogP contribution in [0.4, 0.5) is 0 Å². The molecule has 2 aliphatic rings. The smallest absolute Gasteiger partial charge is 0.307 e. The summed E-state index contributed by atoms with van der Waals surface area (Å²) >= 11 is 0. The van der Waals surface area contributed by atoms with Crippen LogP contribution in [-0.2, 0) is 9.59 Å². The predicted octanol–water partition coefficient (Wildman–Crippen LogP) is 0.329. The molecule has 4 heteroatoms. The number of carbonyl (C=O) groups excluding carboxylic acids is 1. The van der Waals surface area contributed by atoms with E-state index in [-0.39, 0.29) is 11.8 Å². The van der Waals surface area contributed by atoms with Crippen molar-refractivity contribution in [3.05, 3.63) is 0 Å². The van der Waals surface area contributed by atoms with Crippen LogP contribution < -0.4 is 0 Å². The maximum atomic E-state index is 11.6. The van der Waals surface area contributed by atoms with Gasteiger partial charge in [0.05, 0.1) is 11.8 Å². The fourth-order valence-corrected chi connectivity index (χ4v) is 1.91. The molecular formula is C9H13NO3. The minimum absolute atomic E-state index is 0.0601. The van der Waals surface area contributed by atoms with Crippen molar-refractivity contribution in [2.45, 2.75) is 19.3 Å². The van der Waals surface area contributed by atoms with Crippen molar-refractivity contribution in [3.63, 3.8) is 0 Å². The second-order valence-electron chi connectivity index (χ2n) is 3.82. The third-order valence-electron chi connectivity index (χ3n) is 2.84. The van der Waals surface area contributed by atoms with E-state index < -0.39 is 11.9 Å². The van der Waals surface area contributed by atoms with Crippen LogP contribution in [0.1, 0.15) is 19.3 Å². The molecule has 1 N–H and O–H groups in total. The molecule has 4 nitrogen and oxygen atoms in total. The molecule has 1 heterocycles. The van der Waals surface area contributed by atoms with Crippen LogP contribution in [0.25, 0.3) is 0 Å². The van der Waals surface area contributed by atoms with Gasteiger partial charge in [0.25, 0.3) is 0 Å². The molecule has 1 amide bonds. The molecule has 2 rings (SSSR count). The fourth-order valence-electron chi connectivity index (χ4n) is 1.91. The third-order valence-corrected chi connectivity index (χ3v) is 2.84. The van der Waals surface area contributed by atoms with Crippen molar-refractivity contribution in [2.24, 2.45) is 11.8 Å². The van der Waals surface area contributed by atoms with Gasteiger partial charge in [-0.2, -0.15) is 0 Å². The lowest BCUT2D eigenvalue weighted by Gasteiger charge is -2.14. The highest BCUT2D eigenvalue weighted by Gasteiger charge is 2.49. The Labute approximate surface area is 76.5 Å². The summed E-state index contributed by atoms with van der Waals surface area (Å²) in [6.07, 6.45) is 2.68. The number of amides is 1. The minimum Gasteiger partial charge on any atom is -0.481 e. The van der Waals surface area contributed by atoms with Crippen LogP contribution in [0.2, 0.25) is 0 Å². The molecule has 1 saturated heterocycles. The molecular weight excluding hydrogens is 170 g/mol. The molecule has 0 aromatic heterocycles. The fraction of sp³-hybridized carbons (Fsp3) is 0.778. The van der Waals surface area contributed by atoms with Crippen molar-refractivity contribution in [1.82, 2.24) is 4.90 Å². The van der Waals surface area contributed by atoms with Gasteiger partial charge < -0.3 is 10.0 Å². The molecule has 13 heavy (non-hydrogen) atoms. The molecule has 72 valence electrons. The summed E-state index contributed by atoms with van der Waals surface area (Å²) in [4.78, 5) is 23.9. The SMILES string of the molecule is O=C(O)[C@@H]1C[C@@H]1C(=O)N1CCCC1. The van der Waals surface area contributed by atoms with Gasteiger partial charge in [0.1, 0.15) is 0 Å². The largest absolute Gasteiger partial charge is 0.481 e. The Morgan fingerprint density at radius 2 is 1.77 bits per heavy atom. The van der Waals surface area contributed by atoms with Crippen LogP contribution in [0.5, 0.6) is 0 Å². The first kappa shape index (κ1) is 8.53. The van der Waals surface area contributed by atoms with E-state index in [2.05, 4.69) is 0 Å². The minimum atomic E-state index is -0.822. The van der Waals surface area contributed by atoms with Gasteiger partial charge in [-0.05, 0) is 19.3 Å². The highest BCUT2D eigenvalue weighted by molar-refractivity contribution is 5.89. The molecule has 1 saturated carbocycles. The Bertz CT molecular complexity index is 245. The zero-order valence-electron chi connectivity index (χ0n) is 7.40. The van der Waals surface area contributed by atoms with E-state index in [4.69, 9.17) is 5.11 Å². The Kier molecular flexibility index (Phi) is 1.98. The zero-order chi connectivity index (χ0) is 9.42. The van der Waals surface area contributed by atoms with Gasteiger partial charge in [-0.25, -0.2) is 0 Å². The van der Waals surface area contributed by atoms with Gasteiger partial charge in [-0.15, -0.1) is 0 Å². The number of carboxylic acids is 1. The first-order chi connectivity index (χ1) is 6.20. The van der Waals surface area contributed by atoms with Gasteiger partial charge in [-0.1, -0.05) is 0 Å². The summed E-state index contributed by atoms with van der Waals surface area (Å²) in [6, 6.07) is 0. The molecule has 2 fully saturated rings. The standard InChI is InChI=1S/C9H13NO3/c11-8(10-3-1-2-4-10)6-5-7(6)9(12)13/h6-7H,1-5H2,(H,12,13)/t6-,7+/m0/s1. The summed E-state index contributed by atoms with van der Waals surface area (Å²) in [5.74, 6) is -1.37. The zero-order valence-corrected chi connectivity index (χ0v) is 7.40. The van der Waals surface area contributed by atoms with Crippen LogP contribution in [-0.4, -0.2) is 35.0 Å². The number of aliphatic carboxylic acids is 1. The van der Waals surface area contributed by atoms with E-state index in [9.17, 15) is 9.59 Å². The lowest BCUT2D eigenvalue weighted by Crippen LogP contribution is -2.30. The molecule has 0 bridgehead atoms.